The van der Waals surface area contributed by atoms with Crippen LogP contribution in [0, 0.1) is 13.8 Å². The molecule has 1 nitrogen and oxygen atoms in total. The van der Waals surface area contributed by atoms with E-state index in [2.05, 4.69) is 15.9 Å². The third-order valence-electron chi connectivity index (χ3n) is 1.98. The summed E-state index contributed by atoms with van der Waals surface area (Å²) >= 11 is 8.74. The van der Waals surface area contributed by atoms with Gasteiger partial charge in [-0.1, -0.05) is 15.9 Å². The van der Waals surface area contributed by atoms with E-state index in [1.807, 2.05) is 26.0 Å². The van der Waals surface area contributed by atoms with Gasteiger partial charge in [0.05, 0.1) is 0 Å². The summed E-state index contributed by atoms with van der Waals surface area (Å²) < 4.78 is 1.04. The number of aryl methyl sites for hydroxylation is 2. The van der Waals surface area contributed by atoms with E-state index in [1.54, 1.807) is 0 Å². The fourth-order valence-corrected chi connectivity index (χ4v) is 2.18. The first-order valence-electron chi connectivity index (χ1n) is 3.94. The number of hydrogen-bond acceptors (Lipinski definition) is 1. The smallest absolute Gasteiger partial charge is 0.226 e. The van der Waals surface area contributed by atoms with Crippen molar-refractivity contribution in [1.82, 2.24) is 0 Å². The van der Waals surface area contributed by atoms with Crippen LogP contribution in [0.25, 0.3) is 0 Å². The van der Waals surface area contributed by atoms with Crippen LogP contribution in [0.5, 0.6) is 0 Å². The summed E-state index contributed by atoms with van der Waals surface area (Å²) in [7, 11) is 0. The van der Waals surface area contributed by atoms with E-state index < -0.39 is 0 Å². The Kier molecular flexibility index (Phi) is 3.51. The molecule has 0 unspecified atom stereocenters. The highest BCUT2D eigenvalue weighted by molar-refractivity contribution is 9.10. The summed E-state index contributed by atoms with van der Waals surface area (Å²) in [4.78, 5) is 10.8. The first-order chi connectivity index (χ1) is 6.00. The standard InChI is InChI=1S/C10H10BrClO/c1-6-3-8(11)4-7(2)9(6)5-10(12)13/h3-4H,5H2,1-2H3. The van der Waals surface area contributed by atoms with Crippen LogP contribution in [0.2, 0.25) is 0 Å². The van der Waals surface area contributed by atoms with Gasteiger partial charge in [0.1, 0.15) is 0 Å². The average molecular weight is 262 g/mol. The van der Waals surface area contributed by atoms with E-state index in [4.69, 9.17) is 11.6 Å². The zero-order valence-corrected chi connectivity index (χ0v) is 9.87. The fourth-order valence-electron chi connectivity index (χ4n) is 1.36. The van der Waals surface area contributed by atoms with Crippen LogP contribution in [0.15, 0.2) is 16.6 Å². The molecule has 0 bridgehead atoms. The largest absolute Gasteiger partial charge is 0.281 e. The van der Waals surface area contributed by atoms with Gasteiger partial charge < -0.3 is 0 Å². The predicted octanol–water partition coefficient (Wildman–Crippen LogP) is 3.37. The van der Waals surface area contributed by atoms with Crippen molar-refractivity contribution >= 4 is 32.8 Å². The number of benzene rings is 1. The molecule has 0 heterocycles. The molecular weight excluding hydrogens is 251 g/mol. The van der Waals surface area contributed by atoms with Crippen LogP contribution >= 0.6 is 27.5 Å². The van der Waals surface area contributed by atoms with Crippen LogP contribution in [0.3, 0.4) is 0 Å². The molecule has 0 saturated carbocycles. The van der Waals surface area contributed by atoms with Gasteiger partial charge in [-0.15, -0.1) is 0 Å². The van der Waals surface area contributed by atoms with Crippen molar-refractivity contribution in [3.05, 3.63) is 33.3 Å². The molecule has 1 aromatic carbocycles. The lowest BCUT2D eigenvalue weighted by atomic mass is 10.0. The fraction of sp³-hybridized carbons (Fsp3) is 0.300. The van der Waals surface area contributed by atoms with Crippen molar-refractivity contribution in [2.24, 2.45) is 0 Å². The Morgan fingerprint density at radius 1 is 1.38 bits per heavy atom. The van der Waals surface area contributed by atoms with E-state index >= 15 is 0 Å². The molecule has 3 heteroatoms. The Morgan fingerprint density at radius 3 is 2.23 bits per heavy atom. The van der Waals surface area contributed by atoms with E-state index in [0.717, 1.165) is 21.2 Å². The Hall–Kier alpha value is -0.340. The van der Waals surface area contributed by atoms with Crippen molar-refractivity contribution in [3.63, 3.8) is 0 Å². The van der Waals surface area contributed by atoms with Crippen LogP contribution < -0.4 is 0 Å². The minimum atomic E-state index is -0.312. The van der Waals surface area contributed by atoms with E-state index in [-0.39, 0.29) is 5.24 Å². The second kappa shape index (κ2) is 4.25. The second-order valence-electron chi connectivity index (χ2n) is 3.05. The normalized spacial score (nSPS) is 10.2. The Labute approximate surface area is 91.2 Å². The van der Waals surface area contributed by atoms with Crippen LogP contribution in [-0.2, 0) is 11.2 Å². The van der Waals surface area contributed by atoms with Gasteiger partial charge in [0, 0.05) is 10.9 Å². The average Bonchev–Trinajstić information content (AvgIpc) is 1.96. The van der Waals surface area contributed by atoms with Crippen LogP contribution in [-0.4, -0.2) is 5.24 Å². The van der Waals surface area contributed by atoms with Gasteiger partial charge in [0.2, 0.25) is 5.24 Å². The lowest BCUT2D eigenvalue weighted by Gasteiger charge is -2.07. The van der Waals surface area contributed by atoms with Gasteiger partial charge in [-0.3, -0.25) is 4.79 Å². The molecule has 70 valence electrons. The molecule has 13 heavy (non-hydrogen) atoms. The lowest BCUT2D eigenvalue weighted by molar-refractivity contribution is -0.111. The van der Waals surface area contributed by atoms with Crippen LogP contribution in [0.4, 0.5) is 0 Å². The topological polar surface area (TPSA) is 17.1 Å². The minimum Gasteiger partial charge on any atom is -0.281 e. The number of carbonyl (C=O) groups is 1. The minimum absolute atomic E-state index is 0.312. The van der Waals surface area contributed by atoms with Gasteiger partial charge >= 0.3 is 0 Å². The van der Waals surface area contributed by atoms with Gasteiger partial charge in [-0.25, -0.2) is 0 Å². The molecule has 0 aliphatic heterocycles. The summed E-state index contributed by atoms with van der Waals surface area (Å²) in [5.41, 5.74) is 3.23. The highest BCUT2D eigenvalue weighted by Gasteiger charge is 2.07. The SMILES string of the molecule is Cc1cc(Br)cc(C)c1CC(=O)Cl. The Bertz CT molecular complexity index is 324. The van der Waals surface area contributed by atoms with Crippen molar-refractivity contribution in [3.8, 4) is 0 Å². The van der Waals surface area contributed by atoms with Gasteiger partial charge in [-0.2, -0.15) is 0 Å². The highest BCUT2D eigenvalue weighted by Crippen LogP contribution is 2.21. The van der Waals surface area contributed by atoms with E-state index in [0.29, 0.717) is 6.42 Å². The third-order valence-corrected chi connectivity index (χ3v) is 2.57. The summed E-state index contributed by atoms with van der Waals surface area (Å²) in [5, 5.41) is -0.312. The van der Waals surface area contributed by atoms with Gasteiger partial charge in [-0.05, 0) is 54.3 Å². The van der Waals surface area contributed by atoms with Crippen molar-refractivity contribution < 1.29 is 4.79 Å². The van der Waals surface area contributed by atoms with E-state index in [1.165, 1.54) is 0 Å². The second-order valence-corrected chi connectivity index (χ2v) is 4.39. The van der Waals surface area contributed by atoms with Crippen molar-refractivity contribution in [2.75, 3.05) is 0 Å². The monoisotopic (exact) mass is 260 g/mol. The molecule has 0 atom stereocenters. The Balaban J connectivity index is 3.13. The zero-order valence-electron chi connectivity index (χ0n) is 7.53. The quantitative estimate of drug-likeness (QED) is 0.746. The number of halogens is 2. The molecule has 1 aromatic rings. The summed E-state index contributed by atoms with van der Waals surface area (Å²) in [6, 6.07) is 3.98. The molecular formula is C10H10BrClO. The predicted molar refractivity (Wildman–Crippen MR) is 58.2 cm³/mol. The molecule has 1 rings (SSSR count). The van der Waals surface area contributed by atoms with Gasteiger partial charge in [0.25, 0.3) is 0 Å². The number of rotatable bonds is 2. The molecule has 0 aliphatic carbocycles. The molecule has 0 spiro atoms. The molecule has 0 aromatic heterocycles. The lowest BCUT2D eigenvalue weighted by Crippen LogP contribution is -1.99. The van der Waals surface area contributed by atoms with Crippen molar-refractivity contribution in [2.45, 2.75) is 20.3 Å². The maximum atomic E-state index is 10.8. The summed E-state index contributed by atoms with van der Waals surface area (Å²) in [5.74, 6) is 0. The number of carbonyl (C=O) groups excluding carboxylic acids is 1. The maximum Gasteiger partial charge on any atom is 0.226 e. The molecule has 0 fully saturated rings. The summed E-state index contributed by atoms with van der Waals surface area (Å²) in [6.45, 7) is 3.96. The first-order valence-corrected chi connectivity index (χ1v) is 5.11. The van der Waals surface area contributed by atoms with Gasteiger partial charge in [0.15, 0.2) is 0 Å². The Morgan fingerprint density at radius 2 is 1.85 bits per heavy atom. The molecule has 0 radical (unpaired) electrons. The summed E-state index contributed by atoms with van der Waals surface area (Å²) in [6.07, 6.45) is 0.312. The first kappa shape index (κ1) is 10.7. The third kappa shape index (κ3) is 2.82. The van der Waals surface area contributed by atoms with Crippen molar-refractivity contribution in [1.29, 1.82) is 0 Å². The van der Waals surface area contributed by atoms with Crippen LogP contribution in [0.1, 0.15) is 16.7 Å². The maximum absolute atomic E-state index is 10.8. The number of hydrogen-bond donors (Lipinski definition) is 0. The molecule has 0 saturated heterocycles. The molecule has 0 amide bonds. The van der Waals surface area contributed by atoms with E-state index in [9.17, 15) is 4.79 Å². The molecule has 0 aliphatic rings. The molecule has 0 N–H and O–H groups in total. The highest BCUT2D eigenvalue weighted by atomic mass is 79.9. The zero-order chi connectivity index (χ0) is 10.0.